The third kappa shape index (κ3) is 3.56. The van der Waals surface area contributed by atoms with E-state index in [0.717, 1.165) is 31.8 Å². The van der Waals surface area contributed by atoms with Crippen LogP contribution in [0.3, 0.4) is 0 Å². The van der Waals surface area contributed by atoms with Gasteiger partial charge in [0, 0.05) is 19.1 Å². The van der Waals surface area contributed by atoms with Crippen molar-refractivity contribution in [1.29, 1.82) is 0 Å². The van der Waals surface area contributed by atoms with Gasteiger partial charge in [-0.15, -0.1) is 0 Å². The van der Waals surface area contributed by atoms with E-state index >= 15 is 0 Å². The van der Waals surface area contributed by atoms with Gasteiger partial charge in [-0.25, -0.2) is 0 Å². The molecule has 1 N–H and O–H groups in total. The van der Waals surface area contributed by atoms with Crippen molar-refractivity contribution in [2.24, 2.45) is 5.92 Å². The maximum atomic E-state index is 9.91. The smallest absolute Gasteiger partial charge is 0.117 e. The topological polar surface area (TPSA) is 45.8 Å². The second-order valence-corrected chi connectivity index (χ2v) is 4.60. The maximum Gasteiger partial charge on any atom is 0.117 e. The van der Waals surface area contributed by atoms with Crippen LogP contribution in [-0.4, -0.2) is 42.4 Å². The van der Waals surface area contributed by atoms with Gasteiger partial charge in [0.05, 0.1) is 25.5 Å². The minimum Gasteiger partial charge on any atom is -0.468 e. The highest BCUT2D eigenvalue weighted by Crippen LogP contribution is 2.17. The van der Waals surface area contributed by atoms with Crippen molar-refractivity contribution in [2.75, 3.05) is 26.3 Å². The van der Waals surface area contributed by atoms with Crippen molar-refractivity contribution in [2.45, 2.75) is 26.0 Å². The van der Waals surface area contributed by atoms with Crippen LogP contribution < -0.4 is 0 Å². The number of aliphatic hydroxyl groups excluding tert-OH is 1. The first-order valence-electron chi connectivity index (χ1n) is 6.30. The van der Waals surface area contributed by atoms with Crippen molar-refractivity contribution >= 4 is 0 Å². The fourth-order valence-corrected chi connectivity index (χ4v) is 2.22. The van der Waals surface area contributed by atoms with Gasteiger partial charge in [-0.1, -0.05) is 6.92 Å². The van der Waals surface area contributed by atoms with Crippen LogP contribution in [0.4, 0.5) is 0 Å². The SMILES string of the molecule is CCN(Cc1ccco1)CC1COCCC1O. The molecule has 0 amide bonds. The van der Waals surface area contributed by atoms with Gasteiger partial charge >= 0.3 is 0 Å². The average Bonchev–Trinajstić information content (AvgIpc) is 2.84. The Morgan fingerprint density at radius 3 is 3.06 bits per heavy atom. The molecule has 96 valence electrons. The van der Waals surface area contributed by atoms with Crippen LogP contribution >= 0.6 is 0 Å². The van der Waals surface area contributed by atoms with E-state index in [1.807, 2.05) is 12.1 Å². The van der Waals surface area contributed by atoms with Crippen LogP contribution in [0.5, 0.6) is 0 Å². The zero-order valence-corrected chi connectivity index (χ0v) is 10.3. The van der Waals surface area contributed by atoms with Gasteiger partial charge in [-0.2, -0.15) is 0 Å². The first-order chi connectivity index (χ1) is 8.29. The molecule has 1 fully saturated rings. The largest absolute Gasteiger partial charge is 0.468 e. The molecule has 1 aliphatic rings. The molecule has 0 radical (unpaired) electrons. The lowest BCUT2D eigenvalue weighted by Gasteiger charge is -2.32. The van der Waals surface area contributed by atoms with E-state index in [4.69, 9.17) is 9.15 Å². The second-order valence-electron chi connectivity index (χ2n) is 4.60. The normalized spacial score (nSPS) is 25.4. The predicted octanol–water partition coefficient (Wildman–Crippen LogP) is 1.50. The summed E-state index contributed by atoms with van der Waals surface area (Å²) in [4.78, 5) is 2.28. The molecule has 1 aromatic heterocycles. The summed E-state index contributed by atoms with van der Waals surface area (Å²) in [5.74, 6) is 1.19. The molecule has 0 saturated carbocycles. The number of aliphatic hydroxyl groups is 1. The fraction of sp³-hybridized carbons (Fsp3) is 0.692. The first-order valence-corrected chi connectivity index (χ1v) is 6.30. The van der Waals surface area contributed by atoms with Crippen molar-refractivity contribution in [3.63, 3.8) is 0 Å². The third-order valence-electron chi connectivity index (χ3n) is 3.33. The lowest BCUT2D eigenvalue weighted by molar-refractivity contribution is -0.0474. The zero-order chi connectivity index (χ0) is 12.1. The summed E-state index contributed by atoms with van der Waals surface area (Å²) in [5.41, 5.74) is 0. The van der Waals surface area contributed by atoms with E-state index in [1.165, 1.54) is 0 Å². The third-order valence-corrected chi connectivity index (χ3v) is 3.33. The minimum absolute atomic E-state index is 0.221. The van der Waals surface area contributed by atoms with E-state index in [2.05, 4.69) is 11.8 Å². The quantitative estimate of drug-likeness (QED) is 0.846. The van der Waals surface area contributed by atoms with Crippen LogP contribution in [0.15, 0.2) is 22.8 Å². The number of ether oxygens (including phenoxy) is 1. The van der Waals surface area contributed by atoms with Gasteiger partial charge in [0.15, 0.2) is 0 Å². The summed E-state index contributed by atoms with van der Waals surface area (Å²) in [7, 11) is 0. The summed E-state index contributed by atoms with van der Waals surface area (Å²) in [5, 5.41) is 9.91. The van der Waals surface area contributed by atoms with E-state index in [1.54, 1.807) is 6.26 Å². The molecule has 4 nitrogen and oxygen atoms in total. The van der Waals surface area contributed by atoms with Crippen LogP contribution in [0.25, 0.3) is 0 Å². The fourth-order valence-electron chi connectivity index (χ4n) is 2.22. The highest BCUT2D eigenvalue weighted by Gasteiger charge is 2.25. The van der Waals surface area contributed by atoms with Crippen LogP contribution in [-0.2, 0) is 11.3 Å². The van der Waals surface area contributed by atoms with E-state index in [9.17, 15) is 5.11 Å². The Morgan fingerprint density at radius 2 is 2.41 bits per heavy atom. The number of hydrogen-bond acceptors (Lipinski definition) is 4. The van der Waals surface area contributed by atoms with Crippen molar-refractivity contribution < 1.29 is 14.3 Å². The molecule has 0 spiro atoms. The number of furan rings is 1. The monoisotopic (exact) mass is 239 g/mol. The van der Waals surface area contributed by atoms with Gasteiger partial charge in [-0.05, 0) is 25.1 Å². The Balaban J connectivity index is 1.86. The molecule has 2 unspecified atom stereocenters. The van der Waals surface area contributed by atoms with Gasteiger partial charge in [0.2, 0.25) is 0 Å². The Labute approximate surface area is 102 Å². The Morgan fingerprint density at radius 1 is 1.53 bits per heavy atom. The molecule has 2 heterocycles. The zero-order valence-electron chi connectivity index (χ0n) is 10.3. The summed E-state index contributed by atoms with van der Waals surface area (Å²) in [6, 6.07) is 3.89. The molecular formula is C13H21NO3. The van der Waals surface area contributed by atoms with Crippen molar-refractivity contribution in [3.8, 4) is 0 Å². The maximum absolute atomic E-state index is 9.91. The summed E-state index contributed by atoms with van der Waals surface area (Å²) >= 11 is 0. The first kappa shape index (κ1) is 12.6. The van der Waals surface area contributed by atoms with E-state index in [0.29, 0.717) is 13.2 Å². The highest BCUT2D eigenvalue weighted by molar-refractivity contribution is 4.98. The van der Waals surface area contributed by atoms with Gasteiger partial charge < -0.3 is 14.3 Å². The van der Waals surface area contributed by atoms with Gasteiger partial charge in [0.25, 0.3) is 0 Å². The lowest BCUT2D eigenvalue weighted by atomic mass is 9.98. The van der Waals surface area contributed by atoms with E-state index in [-0.39, 0.29) is 12.0 Å². The molecule has 0 aliphatic carbocycles. The lowest BCUT2D eigenvalue weighted by Crippen LogP contribution is -2.40. The highest BCUT2D eigenvalue weighted by atomic mass is 16.5. The van der Waals surface area contributed by atoms with Crippen LogP contribution in [0.1, 0.15) is 19.1 Å². The minimum atomic E-state index is -0.227. The number of hydrogen-bond donors (Lipinski definition) is 1. The molecule has 1 saturated heterocycles. The van der Waals surface area contributed by atoms with Crippen LogP contribution in [0, 0.1) is 5.92 Å². The molecule has 2 atom stereocenters. The average molecular weight is 239 g/mol. The molecule has 17 heavy (non-hydrogen) atoms. The standard InChI is InChI=1S/C13H21NO3/c1-2-14(9-12-4-3-6-17-12)8-11-10-16-7-5-13(11)15/h3-4,6,11,13,15H,2,5,7-10H2,1H3. The Kier molecular flexibility index (Phi) is 4.59. The van der Waals surface area contributed by atoms with Crippen LogP contribution in [0.2, 0.25) is 0 Å². The van der Waals surface area contributed by atoms with E-state index < -0.39 is 0 Å². The predicted molar refractivity (Wildman–Crippen MR) is 64.6 cm³/mol. The second kappa shape index (κ2) is 6.19. The summed E-state index contributed by atoms with van der Waals surface area (Å²) < 4.78 is 10.8. The molecule has 1 aliphatic heterocycles. The van der Waals surface area contributed by atoms with Crippen molar-refractivity contribution in [1.82, 2.24) is 4.90 Å². The van der Waals surface area contributed by atoms with Gasteiger partial charge in [-0.3, -0.25) is 4.90 Å². The van der Waals surface area contributed by atoms with Gasteiger partial charge in [0.1, 0.15) is 5.76 Å². The molecule has 4 heteroatoms. The summed E-state index contributed by atoms with van der Waals surface area (Å²) in [6.45, 7) is 6.08. The summed E-state index contributed by atoms with van der Waals surface area (Å²) in [6.07, 6.45) is 2.22. The Hall–Kier alpha value is -0.840. The molecular weight excluding hydrogens is 218 g/mol. The molecule has 1 aromatic rings. The molecule has 0 aromatic carbocycles. The Bertz CT molecular complexity index is 312. The molecule has 0 bridgehead atoms. The van der Waals surface area contributed by atoms with Crippen molar-refractivity contribution in [3.05, 3.63) is 24.2 Å². The molecule has 2 rings (SSSR count). The number of rotatable bonds is 5. The number of nitrogens with zero attached hydrogens (tertiary/aromatic N) is 1.